The van der Waals surface area contributed by atoms with Crippen LogP contribution < -0.4 is 10.2 Å². The summed E-state index contributed by atoms with van der Waals surface area (Å²) >= 11 is 0. The van der Waals surface area contributed by atoms with Gasteiger partial charge in [-0.2, -0.15) is 0 Å². The Balaban J connectivity index is 1.74. The summed E-state index contributed by atoms with van der Waals surface area (Å²) in [4.78, 5) is 23.0. The lowest BCUT2D eigenvalue weighted by molar-refractivity contribution is 0.102. The minimum atomic E-state index is -0.246. The van der Waals surface area contributed by atoms with Crippen LogP contribution in [-0.4, -0.2) is 32.9 Å². The second-order valence-electron chi connectivity index (χ2n) is 5.83. The third-order valence-electron chi connectivity index (χ3n) is 3.89. The van der Waals surface area contributed by atoms with Crippen LogP contribution in [0.2, 0.25) is 0 Å². The number of hydrogen-bond acceptors (Lipinski definition) is 4. The fourth-order valence-electron chi connectivity index (χ4n) is 2.72. The van der Waals surface area contributed by atoms with E-state index in [2.05, 4.69) is 41.0 Å². The first-order valence-corrected chi connectivity index (χ1v) is 8.06. The zero-order chi connectivity index (χ0) is 17.1. The number of rotatable bonds is 5. The number of nitrogens with one attached hydrogen (secondary N) is 1. The molecular weight excluding hydrogens is 302 g/mol. The molecule has 0 aliphatic rings. The van der Waals surface area contributed by atoms with Crippen LogP contribution in [0.1, 0.15) is 31.3 Å². The summed E-state index contributed by atoms with van der Waals surface area (Å²) in [5.41, 5.74) is 2.23. The number of imidazole rings is 1. The maximum absolute atomic E-state index is 12.3. The summed E-state index contributed by atoms with van der Waals surface area (Å²) in [6, 6.07) is 10.1. The highest BCUT2D eigenvalue weighted by atomic mass is 16.1. The first-order valence-electron chi connectivity index (χ1n) is 8.06. The van der Waals surface area contributed by atoms with Crippen molar-refractivity contribution < 1.29 is 4.79 Å². The van der Waals surface area contributed by atoms with E-state index in [1.807, 2.05) is 30.5 Å². The van der Waals surface area contributed by atoms with Crippen molar-refractivity contribution in [2.75, 3.05) is 16.8 Å². The van der Waals surface area contributed by atoms with Crippen LogP contribution in [-0.2, 0) is 0 Å². The fourth-order valence-corrected chi connectivity index (χ4v) is 2.72. The molecule has 6 nitrogen and oxygen atoms in total. The first-order chi connectivity index (χ1) is 11.6. The molecule has 0 bridgehead atoms. The molecule has 0 spiro atoms. The lowest BCUT2D eigenvalue weighted by Gasteiger charge is -2.27. The molecule has 1 N–H and O–H groups in total. The molecule has 1 amide bonds. The number of hydrogen-bond donors (Lipinski definition) is 1. The molecule has 3 aromatic rings. The highest BCUT2D eigenvalue weighted by molar-refractivity contribution is 6.03. The third kappa shape index (κ3) is 3.22. The van der Waals surface area contributed by atoms with Gasteiger partial charge in [-0.15, -0.1) is 0 Å². The molecule has 124 valence electrons. The van der Waals surface area contributed by atoms with Crippen LogP contribution >= 0.6 is 0 Å². The van der Waals surface area contributed by atoms with E-state index in [1.54, 1.807) is 22.9 Å². The fraction of sp³-hybridized carbons (Fsp3) is 0.278. The van der Waals surface area contributed by atoms with Gasteiger partial charge < -0.3 is 10.2 Å². The minimum absolute atomic E-state index is 0.246. The molecule has 2 aromatic heterocycles. The van der Waals surface area contributed by atoms with Gasteiger partial charge in [0.25, 0.3) is 5.91 Å². The summed E-state index contributed by atoms with van der Waals surface area (Å²) in [5, 5.41) is 2.87. The lowest BCUT2D eigenvalue weighted by atomic mass is 10.2. The van der Waals surface area contributed by atoms with Gasteiger partial charge in [-0.05, 0) is 51.1 Å². The molecule has 0 unspecified atom stereocenters. The van der Waals surface area contributed by atoms with Gasteiger partial charge in [-0.3, -0.25) is 9.20 Å². The van der Waals surface area contributed by atoms with E-state index >= 15 is 0 Å². The molecule has 0 saturated heterocycles. The normalized spacial score (nSPS) is 11.0. The van der Waals surface area contributed by atoms with Crippen molar-refractivity contribution in [2.24, 2.45) is 0 Å². The number of anilines is 2. The van der Waals surface area contributed by atoms with Gasteiger partial charge in [0, 0.05) is 42.6 Å². The number of aromatic nitrogens is 3. The molecule has 3 rings (SSSR count). The largest absolute Gasteiger partial charge is 0.369 e. The smallest absolute Gasteiger partial charge is 0.275 e. The molecule has 1 aromatic carbocycles. The van der Waals surface area contributed by atoms with Crippen LogP contribution in [0.4, 0.5) is 11.4 Å². The monoisotopic (exact) mass is 323 g/mol. The average Bonchev–Trinajstić information content (AvgIpc) is 3.01. The molecule has 0 atom stereocenters. The van der Waals surface area contributed by atoms with E-state index in [-0.39, 0.29) is 5.91 Å². The van der Waals surface area contributed by atoms with Crippen molar-refractivity contribution in [3.05, 3.63) is 54.6 Å². The number of nitrogens with zero attached hydrogens (tertiary/aromatic N) is 4. The summed E-state index contributed by atoms with van der Waals surface area (Å²) in [5.74, 6) is 0.262. The van der Waals surface area contributed by atoms with Crippen molar-refractivity contribution in [3.63, 3.8) is 0 Å². The first kappa shape index (κ1) is 16.0. The van der Waals surface area contributed by atoms with Crippen molar-refractivity contribution >= 4 is 23.1 Å². The molecule has 0 aliphatic carbocycles. The van der Waals surface area contributed by atoms with Gasteiger partial charge in [-0.1, -0.05) is 0 Å². The second kappa shape index (κ2) is 6.70. The van der Waals surface area contributed by atoms with E-state index in [0.717, 1.165) is 17.9 Å². The predicted molar refractivity (Wildman–Crippen MR) is 95.5 cm³/mol. The van der Waals surface area contributed by atoms with Crippen molar-refractivity contribution in [3.8, 4) is 0 Å². The number of carbonyl (C=O) groups is 1. The molecule has 6 heteroatoms. The predicted octanol–water partition coefficient (Wildman–Crippen LogP) is 3.22. The third-order valence-corrected chi connectivity index (χ3v) is 3.89. The van der Waals surface area contributed by atoms with Gasteiger partial charge >= 0.3 is 0 Å². The van der Waals surface area contributed by atoms with Crippen LogP contribution in [0.3, 0.4) is 0 Å². The number of fused-ring (bicyclic) bond motifs is 1. The van der Waals surface area contributed by atoms with Gasteiger partial charge in [0.15, 0.2) is 0 Å². The van der Waals surface area contributed by atoms with Gasteiger partial charge in [0.2, 0.25) is 5.78 Å². The summed E-state index contributed by atoms with van der Waals surface area (Å²) < 4.78 is 1.72. The highest BCUT2D eigenvalue weighted by Crippen LogP contribution is 2.20. The van der Waals surface area contributed by atoms with E-state index in [4.69, 9.17) is 0 Å². The molecule has 0 aliphatic heterocycles. The Hall–Kier alpha value is -2.89. The quantitative estimate of drug-likeness (QED) is 0.783. The van der Waals surface area contributed by atoms with Gasteiger partial charge in [0.05, 0.1) is 0 Å². The Morgan fingerprint density at radius 2 is 2.04 bits per heavy atom. The van der Waals surface area contributed by atoms with E-state index < -0.39 is 0 Å². The molecular formula is C18H21N5O. The maximum Gasteiger partial charge on any atom is 0.275 e. The standard InChI is InChI=1S/C18H21N5O/c1-4-23(13(2)3)15-8-6-14(7-9-15)20-17(24)16-12-22-11-5-10-19-18(22)21-16/h5-13H,4H2,1-3H3,(H,20,24). The Morgan fingerprint density at radius 1 is 1.29 bits per heavy atom. The number of benzene rings is 1. The SMILES string of the molecule is CCN(c1ccc(NC(=O)c2cn3cccnc3n2)cc1)C(C)C. The Labute approximate surface area is 141 Å². The minimum Gasteiger partial charge on any atom is -0.369 e. The molecule has 0 saturated carbocycles. The van der Waals surface area contributed by atoms with E-state index in [9.17, 15) is 4.79 Å². The van der Waals surface area contributed by atoms with Gasteiger partial charge in [0.1, 0.15) is 5.69 Å². The average molecular weight is 323 g/mol. The maximum atomic E-state index is 12.3. The number of carbonyl (C=O) groups excluding carboxylic acids is 1. The lowest BCUT2D eigenvalue weighted by Crippen LogP contribution is -2.30. The molecule has 0 radical (unpaired) electrons. The second-order valence-corrected chi connectivity index (χ2v) is 5.83. The van der Waals surface area contributed by atoms with Crippen LogP contribution in [0.5, 0.6) is 0 Å². The zero-order valence-electron chi connectivity index (χ0n) is 14.1. The van der Waals surface area contributed by atoms with Crippen LogP contribution in [0.15, 0.2) is 48.9 Å². The van der Waals surface area contributed by atoms with Crippen LogP contribution in [0, 0.1) is 0 Å². The molecule has 24 heavy (non-hydrogen) atoms. The number of amides is 1. The summed E-state index contributed by atoms with van der Waals surface area (Å²) in [6.45, 7) is 7.40. The van der Waals surface area contributed by atoms with Crippen molar-refractivity contribution in [1.29, 1.82) is 0 Å². The summed E-state index contributed by atoms with van der Waals surface area (Å²) in [6.07, 6.45) is 5.13. The topological polar surface area (TPSA) is 62.5 Å². The Kier molecular flexibility index (Phi) is 4.46. The molecule has 2 heterocycles. The van der Waals surface area contributed by atoms with E-state index in [0.29, 0.717) is 17.5 Å². The van der Waals surface area contributed by atoms with Crippen LogP contribution in [0.25, 0.3) is 5.78 Å². The van der Waals surface area contributed by atoms with E-state index in [1.165, 1.54) is 0 Å². The Bertz CT molecular complexity index is 805. The molecule has 0 fully saturated rings. The summed E-state index contributed by atoms with van der Waals surface area (Å²) in [7, 11) is 0. The zero-order valence-corrected chi connectivity index (χ0v) is 14.1. The van der Waals surface area contributed by atoms with Gasteiger partial charge in [-0.25, -0.2) is 9.97 Å². The highest BCUT2D eigenvalue weighted by Gasteiger charge is 2.12. The van der Waals surface area contributed by atoms with Crippen molar-refractivity contribution in [2.45, 2.75) is 26.8 Å². The van der Waals surface area contributed by atoms with Crippen molar-refractivity contribution in [1.82, 2.24) is 14.4 Å². The Morgan fingerprint density at radius 3 is 2.67 bits per heavy atom.